The molecule has 1 aromatic carbocycles. The van der Waals surface area contributed by atoms with Crippen LogP contribution >= 0.6 is 0 Å². The third-order valence-electron chi connectivity index (χ3n) is 3.79. The van der Waals surface area contributed by atoms with Crippen molar-refractivity contribution in [1.29, 1.82) is 0 Å². The summed E-state index contributed by atoms with van der Waals surface area (Å²) in [6.45, 7) is 3.27. The van der Waals surface area contributed by atoms with Crippen LogP contribution in [0.25, 0.3) is 0 Å². The quantitative estimate of drug-likeness (QED) is 0.857. The highest BCUT2D eigenvalue weighted by Crippen LogP contribution is 2.33. The van der Waals surface area contributed by atoms with E-state index in [1.54, 1.807) is 0 Å². The molecule has 2 unspecified atom stereocenters. The van der Waals surface area contributed by atoms with Crippen molar-refractivity contribution in [3.05, 3.63) is 35.4 Å². The van der Waals surface area contributed by atoms with E-state index < -0.39 is 12.6 Å². The molecule has 2 rings (SSSR count). The first-order chi connectivity index (χ1) is 10.0. The number of halogens is 3. The van der Waals surface area contributed by atoms with E-state index in [4.69, 9.17) is 4.74 Å². The second kappa shape index (κ2) is 7.27. The normalized spacial score (nSPS) is 20.1. The Bertz CT molecular complexity index is 447. The van der Waals surface area contributed by atoms with Gasteiger partial charge in [-0.05, 0) is 36.9 Å². The summed E-state index contributed by atoms with van der Waals surface area (Å²) in [5.41, 5.74) is 2.21. The molecule has 0 saturated heterocycles. The van der Waals surface area contributed by atoms with Crippen molar-refractivity contribution in [3.8, 4) is 0 Å². The Morgan fingerprint density at radius 2 is 2.10 bits per heavy atom. The van der Waals surface area contributed by atoms with E-state index in [1.807, 2.05) is 31.2 Å². The first kappa shape index (κ1) is 16.3. The fourth-order valence-corrected chi connectivity index (χ4v) is 2.77. The van der Waals surface area contributed by atoms with Crippen molar-refractivity contribution in [2.75, 3.05) is 13.2 Å². The van der Waals surface area contributed by atoms with E-state index in [0.29, 0.717) is 13.2 Å². The third-order valence-corrected chi connectivity index (χ3v) is 3.79. The molecule has 2 atom stereocenters. The average Bonchev–Trinajstić information content (AvgIpc) is 2.46. The van der Waals surface area contributed by atoms with Crippen molar-refractivity contribution in [2.24, 2.45) is 0 Å². The summed E-state index contributed by atoms with van der Waals surface area (Å²) in [5, 5.41) is 3.23. The van der Waals surface area contributed by atoms with E-state index in [1.165, 1.54) is 5.56 Å². The molecule has 5 heteroatoms. The fraction of sp³-hybridized carbons (Fsp3) is 0.625. The van der Waals surface area contributed by atoms with Gasteiger partial charge in [-0.3, -0.25) is 0 Å². The Morgan fingerprint density at radius 3 is 2.81 bits per heavy atom. The van der Waals surface area contributed by atoms with Gasteiger partial charge in [0.05, 0.1) is 12.7 Å². The van der Waals surface area contributed by atoms with E-state index in [2.05, 4.69) is 5.32 Å². The summed E-state index contributed by atoms with van der Waals surface area (Å²) in [6.07, 6.45) is -3.44. The zero-order valence-electron chi connectivity index (χ0n) is 12.2. The highest BCUT2D eigenvalue weighted by Gasteiger charge is 2.33. The number of hydrogen-bond donors (Lipinski definition) is 1. The lowest BCUT2D eigenvalue weighted by atomic mass is 9.91. The average molecular weight is 301 g/mol. The molecular formula is C16H22F3NO. The molecule has 0 fully saturated rings. The molecule has 0 bridgehead atoms. The lowest BCUT2D eigenvalue weighted by molar-refractivity contribution is -0.139. The molecule has 0 aromatic heterocycles. The van der Waals surface area contributed by atoms with Crippen LogP contribution in [0.15, 0.2) is 24.3 Å². The minimum Gasteiger partial charge on any atom is -0.372 e. The largest absolute Gasteiger partial charge is 0.389 e. The molecule has 2 nitrogen and oxygen atoms in total. The zero-order chi connectivity index (χ0) is 15.3. The molecule has 0 amide bonds. The second-order valence-corrected chi connectivity index (χ2v) is 5.45. The van der Waals surface area contributed by atoms with Crippen molar-refractivity contribution in [1.82, 2.24) is 5.32 Å². The number of hydrogen-bond acceptors (Lipinski definition) is 2. The summed E-state index contributed by atoms with van der Waals surface area (Å²) < 4.78 is 43.4. The van der Waals surface area contributed by atoms with Crippen LogP contribution in [0.4, 0.5) is 13.2 Å². The van der Waals surface area contributed by atoms with Gasteiger partial charge < -0.3 is 10.1 Å². The Labute approximate surface area is 123 Å². The first-order valence-corrected chi connectivity index (χ1v) is 7.51. The maximum Gasteiger partial charge on any atom is 0.389 e. The van der Waals surface area contributed by atoms with Crippen LogP contribution < -0.4 is 5.32 Å². The molecule has 118 valence electrons. The monoisotopic (exact) mass is 301 g/mol. The number of rotatable bonds is 6. The van der Waals surface area contributed by atoms with Gasteiger partial charge in [0.1, 0.15) is 0 Å². The van der Waals surface area contributed by atoms with Crippen LogP contribution in [-0.4, -0.2) is 25.4 Å². The first-order valence-electron chi connectivity index (χ1n) is 7.51. The van der Waals surface area contributed by atoms with Crippen LogP contribution in [0.1, 0.15) is 43.4 Å². The Kier molecular flexibility index (Phi) is 5.65. The number of benzene rings is 1. The lowest BCUT2D eigenvalue weighted by Gasteiger charge is -2.33. The Morgan fingerprint density at radius 1 is 1.33 bits per heavy atom. The van der Waals surface area contributed by atoms with Gasteiger partial charge in [-0.25, -0.2) is 0 Å². The summed E-state index contributed by atoms with van der Waals surface area (Å²) in [7, 11) is 0. The maximum absolute atomic E-state index is 12.5. The molecule has 1 aliphatic rings. The molecule has 1 aromatic rings. The van der Waals surface area contributed by atoms with Crippen molar-refractivity contribution >= 4 is 0 Å². The lowest BCUT2D eigenvalue weighted by Crippen LogP contribution is -2.39. The zero-order valence-corrected chi connectivity index (χ0v) is 12.2. The van der Waals surface area contributed by atoms with Crippen molar-refractivity contribution in [2.45, 2.75) is 50.9 Å². The molecule has 0 saturated carbocycles. The third kappa shape index (κ3) is 4.71. The summed E-state index contributed by atoms with van der Waals surface area (Å²) >= 11 is 0. The molecule has 1 aliphatic heterocycles. The van der Waals surface area contributed by atoms with Gasteiger partial charge in [0.25, 0.3) is 0 Å². The Balaban J connectivity index is 2.13. The molecule has 0 spiro atoms. The van der Waals surface area contributed by atoms with Gasteiger partial charge in [0.2, 0.25) is 0 Å². The summed E-state index contributed by atoms with van der Waals surface area (Å²) in [5.74, 6) is 0. The van der Waals surface area contributed by atoms with Gasteiger partial charge in [-0.2, -0.15) is 13.2 Å². The van der Waals surface area contributed by atoms with Gasteiger partial charge in [-0.1, -0.05) is 31.2 Å². The van der Waals surface area contributed by atoms with E-state index in [0.717, 1.165) is 18.4 Å². The summed E-state index contributed by atoms with van der Waals surface area (Å²) in [6, 6.07) is 7.58. The van der Waals surface area contributed by atoms with Gasteiger partial charge in [0.15, 0.2) is 0 Å². The SMILES string of the molecule is CCCNC(CCC(F)(F)F)C1OCCc2ccccc21. The van der Waals surface area contributed by atoms with Crippen LogP contribution in [0.2, 0.25) is 0 Å². The predicted molar refractivity (Wildman–Crippen MR) is 76.2 cm³/mol. The topological polar surface area (TPSA) is 21.3 Å². The standard InChI is InChI=1S/C16H22F3NO/c1-2-10-20-14(7-9-16(17,18)19)15-13-6-4-3-5-12(13)8-11-21-15/h3-6,14-15,20H,2,7-11H2,1H3. The molecule has 0 aliphatic carbocycles. The summed E-state index contributed by atoms with van der Waals surface area (Å²) in [4.78, 5) is 0. The molecule has 1 heterocycles. The van der Waals surface area contributed by atoms with Crippen LogP contribution in [0.3, 0.4) is 0 Å². The van der Waals surface area contributed by atoms with Gasteiger partial charge in [-0.15, -0.1) is 0 Å². The van der Waals surface area contributed by atoms with Gasteiger partial charge in [0, 0.05) is 12.5 Å². The predicted octanol–water partition coefficient (Wildman–Crippen LogP) is 4.01. The fourth-order valence-electron chi connectivity index (χ4n) is 2.77. The second-order valence-electron chi connectivity index (χ2n) is 5.45. The minimum atomic E-state index is -4.12. The molecule has 21 heavy (non-hydrogen) atoms. The number of ether oxygens (including phenoxy) is 1. The van der Waals surface area contributed by atoms with E-state index in [9.17, 15) is 13.2 Å². The molecule has 1 N–H and O–H groups in total. The minimum absolute atomic E-state index is 0.0441. The van der Waals surface area contributed by atoms with Gasteiger partial charge >= 0.3 is 6.18 Å². The highest BCUT2D eigenvalue weighted by molar-refractivity contribution is 5.32. The van der Waals surface area contributed by atoms with Crippen molar-refractivity contribution < 1.29 is 17.9 Å². The molecular weight excluding hydrogens is 279 g/mol. The van der Waals surface area contributed by atoms with Crippen molar-refractivity contribution in [3.63, 3.8) is 0 Å². The number of fused-ring (bicyclic) bond motifs is 1. The van der Waals surface area contributed by atoms with E-state index >= 15 is 0 Å². The Hall–Kier alpha value is -1.07. The molecule has 0 radical (unpaired) electrons. The number of nitrogens with one attached hydrogen (secondary N) is 1. The van der Waals surface area contributed by atoms with Crippen LogP contribution in [0, 0.1) is 0 Å². The van der Waals surface area contributed by atoms with E-state index in [-0.39, 0.29) is 18.6 Å². The van der Waals surface area contributed by atoms with Crippen LogP contribution in [0.5, 0.6) is 0 Å². The number of alkyl halides is 3. The smallest absolute Gasteiger partial charge is 0.372 e. The highest BCUT2D eigenvalue weighted by atomic mass is 19.4. The van der Waals surface area contributed by atoms with Crippen LogP contribution in [-0.2, 0) is 11.2 Å². The maximum atomic E-state index is 12.5.